The van der Waals surface area contributed by atoms with Crippen molar-refractivity contribution in [3.05, 3.63) is 33.0 Å². The first kappa shape index (κ1) is 11.1. The molecule has 0 saturated heterocycles. The number of rotatable bonds is 0. The van der Waals surface area contributed by atoms with Gasteiger partial charge in [-0.3, -0.25) is 9.36 Å². The molecule has 86 valence electrons. The Morgan fingerprint density at radius 2 is 1.69 bits per heavy atom. The first-order valence-corrected chi connectivity index (χ1v) is 5.57. The Hall–Kier alpha value is -1.38. The van der Waals surface area contributed by atoms with Gasteiger partial charge >= 0.3 is 0 Å². The largest absolute Gasteiger partial charge is 0.269 e. The molecule has 0 unspecified atom stereocenters. The van der Waals surface area contributed by atoms with Crippen molar-refractivity contribution in [2.45, 2.75) is 47.0 Å². The first-order chi connectivity index (χ1) is 7.28. The maximum absolute atomic E-state index is 12.2. The molecule has 1 aliphatic heterocycles. The zero-order valence-corrected chi connectivity index (χ0v) is 10.8. The molecule has 0 bridgehead atoms. The van der Waals surface area contributed by atoms with E-state index in [1.807, 2.05) is 20.8 Å². The van der Waals surface area contributed by atoms with Gasteiger partial charge in [0.15, 0.2) is 0 Å². The lowest BCUT2D eigenvalue weighted by molar-refractivity contribution is 0.583. The third-order valence-electron chi connectivity index (χ3n) is 3.93. The predicted molar refractivity (Wildman–Crippen MR) is 65.6 cm³/mol. The molecule has 0 N–H and O–H groups in total. The van der Waals surface area contributed by atoms with E-state index in [1.165, 1.54) is 5.57 Å². The summed E-state index contributed by atoms with van der Waals surface area (Å²) in [6.45, 7) is 12.0. The van der Waals surface area contributed by atoms with Crippen LogP contribution in [0.1, 0.15) is 44.8 Å². The summed E-state index contributed by atoms with van der Waals surface area (Å²) in [4.78, 5) is 16.8. The highest BCUT2D eigenvalue weighted by atomic mass is 16.1. The molecule has 1 aromatic heterocycles. The molecule has 1 aromatic rings. The third kappa shape index (κ3) is 1.14. The van der Waals surface area contributed by atoms with E-state index < -0.39 is 0 Å². The summed E-state index contributed by atoms with van der Waals surface area (Å²) in [7, 11) is 0. The van der Waals surface area contributed by atoms with Gasteiger partial charge in [-0.25, -0.2) is 4.98 Å². The summed E-state index contributed by atoms with van der Waals surface area (Å²) >= 11 is 0. The van der Waals surface area contributed by atoms with E-state index in [9.17, 15) is 4.79 Å². The molecule has 3 heteroatoms. The van der Waals surface area contributed by atoms with Gasteiger partial charge < -0.3 is 0 Å². The Bertz CT molecular complexity index is 562. The Morgan fingerprint density at radius 1 is 1.12 bits per heavy atom. The zero-order valence-electron chi connectivity index (χ0n) is 10.8. The van der Waals surface area contributed by atoms with Crippen LogP contribution in [0.25, 0.3) is 5.70 Å². The van der Waals surface area contributed by atoms with Crippen LogP contribution >= 0.6 is 0 Å². The highest BCUT2D eigenvalue weighted by molar-refractivity contribution is 5.59. The highest BCUT2D eigenvalue weighted by Gasteiger charge is 2.36. The number of hydrogen-bond donors (Lipinski definition) is 0. The lowest BCUT2D eigenvalue weighted by atomic mass is 9.86. The smallest absolute Gasteiger partial charge is 0.260 e. The van der Waals surface area contributed by atoms with Crippen molar-refractivity contribution in [3.63, 3.8) is 0 Å². The molecule has 0 aromatic carbocycles. The molecule has 2 heterocycles. The second kappa shape index (κ2) is 3.06. The van der Waals surface area contributed by atoms with Crippen molar-refractivity contribution in [2.24, 2.45) is 0 Å². The van der Waals surface area contributed by atoms with Crippen molar-refractivity contribution >= 4 is 5.70 Å². The molecule has 3 nitrogen and oxygen atoms in total. The molecule has 1 aliphatic rings. The monoisotopic (exact) mass is 218 g/mol. The van der Waals surface area contributed by atoms with Crippen molar-refractivity contribution in [2.75, 3.05) is 0 Å². The van der Waals surface area contributed by atoms with Crippen LogP contribution in [0.15, 0.2) is 10.4 Å². The number of nitrogens with zero attached hydrogens (tertiary/aromatic N) is 2. The van der Waals surface area contributed by atoms with Crippen LogP contribution in [0.5, 0.6) is 0 Å². The van der Waals surface area contributed by atoms with Gasteiger partial charge in [0.05, 0.1) is 0 Å². The number of fused-ring (bicyclic) bond motifs is 1. The molecular weight excluding hydrogens is 200 g/mol. The molecular formula is C13H18N2O. The molecule has 0 aliphatic carbocycles. The Labute approximate surface area is 95.8 Å². The fourth-order valence-electron chi connectivity index (χ4n) is 2.23. The van der Waals surface area contributed by atoms with Crippen molar-refractivity contribution in [1.29, 1.82) is 0 Å². The van der Waals surface area contributed by atoms with Crippen molar-refractivity contribution in [1.82, 2.24) is 9.55 Å². The maximum Gasteiger partial charge on any atom is 0.260 e. The van der Waals surface area contributed by atoms with Crippen LogP contribution in [-0.2, 0) is 5.41 Å². The van der Waals surface area contributed by atoms with E-state index in [-0.39, 0.29) is 11.0 Å². The molecule has 16 heavy (non-hydrogen) atoms. The Morgan fingerprint density at radius 3 is 2.25 bits per heavy atom. The van der Waals surface area contributed by atoms with E-state index in [2.05, 4.69) is 25.8 Å². The van der Waals surface area contributed by atoms with Gasteiger partial charge in [0.2, 0.25) is 0 Å². The van der Waals surface area contributed by atoms with Crippen LogP contribution in [0.3, 0.4) is 0 Å². The van der Waals surface area contributed by atoms with Gasteiger partial charge in [-0.05, 0) is 47.1 Å². The SMILES string of the molecule is CC1=C(C)C(C)(C)c2nc(C)c(C)c(=O)n21. The average molecular weight is 218 g/mol. The summed E-state index contributed by atoms with van der Waals surface area (Å²) in [6.07, 6.45) is 0. The predicted octanol–water partition coefficient (Wildman–Crippen LogP) is 2.40. The van der Waals surface area contributed by atoms with Crippen molar-refractivity contribution < 1.29 is 0 Å². The van der Waals surface area contributed by atoms with Gasteiger partial charge in [-0.1, -0.05) is 0 Å². The molecule has 0 saturated carbocycles. The molecule has 0 atom stereocenters. The fourth-order valence-corrected chi connectivity index (χ4v) is 2.23. The lowest BCUT2D eigenvalue weighted by Gasteiger charge is -2.20. The van der Waals surface area contributed by atoms with Gasteiger partial charge in [0.1, 0.15) is 5.82 Å². The standard InChI is InChI=1S/C13H18N2O/c1-7-9(3)14-12-13(5,6)8(2)10(4)15(12)11(7)16/h1-6H3. The minimum absolute atomic E-state index is 0.0740. The lowest BCUT2D eigenvalue weighted by Crippen LogP contribution is -2.28. The maximum atomic E-state index is 12.2. The number of aromatic nitrogens is 2. The summed E-state index contributed by atoms with van der Waals surface area (Å²) in [6, 6.07) is 0. The van der Waals surface area contributed by atoms with Crippen molar-refractivity contribution in [3.8, 4) is 0 Å². The van der Waals surface area contributed by atoms with E-state index >= 15 is 0 Å². The normalized spacial score (nSPS) is 17.9. The number of hydrogen-bond acceptors (Lipinski definition) is 2. The molecule has 0 amide bonds. The van der Waals surface area contributed by atoms with Crippen LogP contribution in [0.4, 0.5) is 0 Å². The quantitative estimate of drug-likeness (QED) is 0.670. The minimum atomic E-state index is -0.137. The fraction of sp³-hybridized carbons (Fsp3) is 0.538. The highest BCUT2D eigenvalue weighted by Crippen LogP contribution is 2.39. The summed E-state index contributed by atoms with van der Waals surface area (Å²) < 4.78 is 1.76. The van der Waals surface area contributed by atoms with Crippen LogP contribution in [-0.4, -0.2) is 9.55 Å². The zero-order chi connectivity index (χ0) is 12.2. The van der Waals surface area contributed by atoms with E-state index in [0.29, 0.717) is 0 Å². The Balaban J connectivity index is 2.93. The average Bonchev–Trinajstić information content (AvgIpc) is 2.37. The van der Waals surface area contributed by atoms with E-state index in [0.717, 1.165) is 22.8 Å². The molecule has 2 rings (SSSR count). The molecule has 0 spiro atoms. The second-order valence-corrected chi connectivity index (χ2v) is 5.12. The Kier molecular flexibility index (Phi) is 2.13. The van der Waals surface area contributed by atoms with Gasteiger partial charge in [-0.2, -0.15) is 0 Å². The topological polar surface area (TPSA) is 34.9 Å². The second-order valence-electron chi connectivity index (χ2n) is 5.12. The van der Waals surface area contributed by atoms with Crippen LogP contribution < -0.4 is 5.56 Å². The molecule has 0 radical (unpaired) electrons. The summed E-state index contributed by atoms with van der Waals surface area (Å²) in [5, 5.41) is 0. The van der Waals surface area contributed by atoms with Crippen LogP contribution in [0.2, 0.25) is 0 Å². The van der Waals surface area contributed by atoms with E-state index in [1.54, 1.807) is 4.57 Å². The van der Waals surface area contributed by atoms with Gasteiger partial charge in [0.25, 0.3) is 5.56 Å². The van der Waals surface area contributed by atoms with Crippen LogP contribution in [0, 0.1) is 13.8 Å². The van der Waals surface area contributed by atoms with Gasteiger partial charge in [0, 0.05) is 22.4 Å². The summed E-state index contributed by atoms with van der Waals surface area (Å²) in [5.41, 5.74) is 3.77. The van der Waals surface area contributed by atoms with E-state index in [4.69, 9.17) is 0 Å². The molecule has 0 fully saturated rings. The van der Waals surface area contributed by atoms with Gasteiger partial charge in [-0.15, -0.1) is 0 Å². The third-order valence-corrected chi connectivity index (χ3v) is 3.93. The number of allylic oxidation sites excluding steroid dienone is 2. The first-order valence-electron chi connectivity index (χ1n) is 5.57. The number of aryl methyl sites for hydroxylation is 1. The summed E-state index contributed by atoms with van der Waals surface area (Å²) in [5.74, 6) is 0.871. The minimum Gasteiger partial charge on any atom is -0.269 e.